The largest absolute Gasteiger partial charge is 0.391 e. The number of hydrogen-bond donors (Lipinski definition) is 1. The number of oxime groups is 1. The number of nitrogens with zero attached hydrogens (tertiary/aromatic N) is 2. The maximum atomic E-state index is 5.61. The zero-order valence-electron chi connectivity index (χ0n) is 7.77. The second-order valence-corrected chi connectivity index (χ2v) is 2.85. The Morgan fingerprint density at radius 1 is 1.54 bits per heavy atom. The lowest BCUT2D eigenvalue weighted by Crippen LogP contribution is -2.16. The van der Waals surface area contributed by atoms with Gasteiger partial charge < -0.3 is 10.6 Å². The molecule has 1 aromatic heterocycles. The Labute approximate surface area is 77.4 Å². The van der Waals surface area contributed by atoms with Gasteiger partial charge in [-0.3, -0.25) is 4.98 Å². The van der Waals surface area contributed by atoms with Crippen LogP contribution in [0.1, 0.15) is 19.5 Å². The van der Waals surface area contributed by atoms with Gasteiger partial charge in [-0.15, -0.1) is 0 Å². The molecule has 0 saturated heterocycles. The van der Waals surface area contributed by atoms with Crippen LogP contribution in [0.4, 0.5) is 0 Å². The van der Waals surface area contributed by atoms with Crippen molar-refractivity contribution in [3.05, 3.63) is 30.1 Å². The molecule has 0 spiro atoms. The molecular formula is C9H13N3O. The van der Waals surface area contributed by atoms with Crippen molar-refractivity contribution in [2.45, 2.75) is 20.0 Å². The summed E-state index contributed by atoms with van der Waals surface area (Å²) in [5.74, 6) is 0.300. The fourth-order valence-electron chi connectivity index (χ4n) is 0.723. The molecule has 0 radical (unpaired) electrons. The maximum Gasteiger partial charge on any atom is 0.188 e. The van der Waals surface area contributed by atoms with Crippen LogP contribution in [0.2, 0.25) is 0 Å². The lowest BCUT2D eigenvalue weighted by Gasteiger charge is -2.03. The Kier molecular flexibility index (Phi) is 3.25. The molecule has 0 aliphatic heterocycles. The molecule has 70 valence electrons. The number of pyridine rings is 1. The zero-order valence-corrected chi connectivity index (χ0v) is 7.77. The van der Waals surface area contributed by atoms with Crippen LogP contribution in [-0.4, -0.2) is 16.9 Å². The van der Waals surface area contributed by atoms with Crippen LogP contribution in [0.15, 0.2) is 29.6 Å². The number of rotatable bonds is 3. The molecule has 0 aliphatic carbocycles. The molecule has 4 nitrogen and oxygen atoms in total. The number of aromatic nitrogens is 1. The van der Waals surface area contributed by atoms with Crippen LogP contribution < -0.4 is 5.73 Å². The van der Waals surface area contributed by atoms with E-state index in [4.69, 9.17) is 10.6 Å². The summed E-state index contributed by atoms with van der Waals surface area (Å²) in [6.45, 7) is 3.77. The van der Waals surface area contributed by atoms with E-state index in [0.717, 1.165) is 0 Å². The smallest absolute Gasteiger partial charge is 0.188 e. The molecule has 1 rings (SSSR count). The van der Waals surface area contributed by atoms with Gasteiger partial charge in [0.15, 0.2) is 5.84 Å². The molecule has 0 fully saturated rings. The van der Waals surface area contributed by atoms with Crippen LogP contribution in [-0.2, 0) is 4.84 Å². The van der Waals surface area contributed by atoms with Crippen molar-refractivity contribution in [3.63, 3.8) is 0 Å². The highest BCUT2D eigenvalue weighted by molar-refractivity contribution is 5.95. The topological polar surface area (TPSA) is 60.5 Å². The Bertz CT molecular complexity index is 282. The summed E-state index contributed by atoms with van der Waals surface area (Å²) in [6, 6.07) is 5.45. The van der Waals surface area contributed by atoms with E-state index in [9.17, 15) is 0 Å². The monoisotopic (exact) mass is 179 g/mol. The molecule has 0 saturated carbocycles. The minimum atomic E-state index is 0.0299. The van der Waals surface area contributed by atoms with E-state index in [-0.39, 0.29) is 6.10 Å². The highest BCUT2D eigenvalue weighted by Gasteiger charge is 1.99. The van der Waals surface area contributed by atoms with E-state index in [1.165, 1.54) is 0 Å². The second-order valence-electron chi connectivity index (χ2n) is 2.85. The molecule has 0 amide bonds. The van der Waals surface area contributed by atoms with Crippen molar-refractivity contribution < 1.29 is 4.84 Å². The van der Waals surface area contributed by atoms with Gasteiger partial charge in [-0.2, -0.15) is 0 Å². The average Bonchev–Trinajstić information content (AvgIpc) is 2.15. The predicted octanol–water partition coefficient (Wildman–Crippen LogP) is 1.13. The Morgan fingerprint density at radius 2 is 2.31 bits per heavy atom. The molecule has 13 heavy (non-hydrogen) atoms. The summed E-state index contributed by atoms with van der Waals surface area (Å²) in [6.07, 6.45) is 1.69. The molecule has 0 bridgehead atoms. The van der Waals surface area contributed by atoms with Crippen LogP contribution in [0.3, 0.4) is 0 Å². The quantitative estimate of drug-likeness (QED) is 0.430. The number of amidine groups is 1. The minimum absolute atomic E-state index is 0.0299. The molecular weight excluding hydrogens is 166 g/mol. The maximum absolute atomic E-state index is 5.61. The molecule has 2 N–H and O–H groups in total. The molecule has 1 aromatic rings. The third-order valence-electron chi connectivity index (χ3n) is 1.29. The first-order valence-corrected chi connectivity index (χ1v) is 4.11. The van der Waals surface area contributed by atoms with Crippen LogP contribution >= 0.6 is 0 Å². The lowest BCUT2D eigenvalue weighted by atomic mass is 10.3. The van der Waals surface area contributed by atoms with Gasteiger partial charge in [-0.1, -0.05) is 11.2 Å². The van der Waals surface area contributed by atoms with Gasteiger partial charge in [0.05, 0.1) is 0 Å². The summed E-state index contributed by atoms with van der Waals surface area (Å²) in [5, 5.41) is 3.73. The van der Waals surface area contributed by atoms with E-state index < -0.39 is 0 Å². The highest BCUT2D eigenvalue weighted by Crippen LogP contribution is 1.95. The number of hydrogen-bond acceptors (Lipinski definition) is 3. The second kappa shape index (κ2) is 4.45. The summed E-state index contributed by atoms with van der Waals surface area (Å²) in [5.41, 5.74) is 6.23. The van der Waals surface area contributed by atoms with Gasteiger partial charge in [0, 0.05) is 6.20 Å². The standard InChI is InChI=1S/C9H13N3O/c1-7(2)13-12-9(10)8-5-3-4-6-11-8/h3-7H,1-2H3,(H2,10,12). The number of nitrogens with two attached hydrogens (primary N) is 1. The van der Waals surface area contributed by atoms with E-state index in [1.807, 2.05) is 26.0 Å². The van der Waals surface area contributed by atoms with E-state index in [2.05, 4.69) is 10.1 Å². The third kappa shape index (κ3) is 3.11. The SMILES string of the molecule is CC(C)O/N=C(\N)c1ccccn1. The van der Waals surface area contributed by atoms with Crippen LogP contribution in [0, 0.1) is 0 Å². The first-order valence-electron chi connectivity index (χ1n) is 4.11. The van der Waals surface area contributed by atoms with Crippen molar-refractivity contribution in [1.82, 2.24) is 4.98 Å². The summed E-state index contributed by atoms with van der Waals surface area (Å²) in [7, 11) is 0. The molecule has 0 aliphatic rings. The van der Waals surface area contributed by atoms with Crippen molar-refractivity contribution >= 4 is 5.84 Å². The average molecular weight is 179 g/mol. The van der Waals surface area contributed by atoms with Crippen molar-refractivity contribution in [3.8, 4) is 0 Å². The summed E-state index contributed by atoms with van der Waals surface area (Å²) >= 11 is 0. The molecule has 4 heteroatoms. The zero-order chi connectivity index (χ0) is 9.68. The van der Waals surface area contributed by atoms with E-state index in [1.54, 1.807) is 12.3 Å². The predicted molar refractivity (Wildman–Crippen MR) is 51.2 cm³/mol. The van der Waals surface area contributed by atoms with Gasteiger partial charge in [0.25, 0.3) is 0 Å². The van der Waals surface area contributed by atoms with Gasteiger partial charge in [-0.05, 0) is 26.0 Å². The van der Waals surface area contributed by atoms with Crippen molar-refractivity contribution in [1.29, 1.82) is 0 Å². The Morgan fingerprint density at radius 3 is 2.85 bits per heavy atom. The lowest BCUT2D eigenvalue weighted by molar-refractivity contribution is 0.0858. The first kappa shape index (κ1) is 9.51. The van der Waals surface area contributed by atoms with Crippen molar-refractivity contribution in [2.75, 3.05) is 0 Å². The Balaban J connectivity index is 2.68. The Hall–Kier alpha value is -1.58. The van der Waals surface area contributed by atoms with E-state index >= 15 is 0 Å². The molecule has 0 aromatic carbocycles. The molecule has 1 heterocycles. The van der Waals surface area contributed by atoms with Crippen molar-refractivity contribution in [2.24, 2.45) is 10.9 Å². The first-order chi connectivity index (χ1) is 6.20. The highest BCUT2D eigenvalue weighted by atomic mass is 16.6. The van der Waals surface area contributed by atoms with Crippen LogP contribution in [0.25, 0.3) is 0 Å². The fourth-order valence-corrected chi connectivity index (χ4v) is 0.723. The van der Waals surface area contributed by atoms with E-state index in [0.29, 0.717) is 11.5 Å². The minimum Gasteiger partial charge on any atom is -0.391 e. The van der Waals surface area contributed by atoms with Gasteiger partial charge in [-0.25, -0.2) is 0 Å². The fraction of sp³-hybridized carbons (Fsp3) is 0.333. The van der Waals surface area contributed by atoms with Gasteiger partial charge in [0.1, 0.15) is 11.8 Å². The summed E-state index contributed by atoms with van der Waals surface area (Å²) < 4.78 is 0. The normalized spacial score (nSPS) is 11.8. The molecule has 0 atom stereocenters. The van der Waals surface area contributed by atoms with Gasteiger partial charge >= 0.3 is 0 Å². The molecule has 0 unspecified atom stereocenters. The van der Waals surface area contributed by atoms with Crippen LogP contribution in [0.5, 0.6) is 0 Å². The third-order valence-corrected chi connectivity index (χ3v) is 1.29. The van der Waals surface area contributed by atoms with Gasteiger partial charge in [0.2, 0.25) is 0 Å². The summed E-state index contributed by atoms with van der Waals surface area (Å²) in [4.78, 5) is 9.00.